The molecule has 0 spiro atoms. The molecule has 1 atom stereocenters. The molecule has 116 valence electrons. The zero-order valence-electron chi connectivity index (χ0n) is 12.6. The Labute approximate surface area is 130 Å². The molecule has 2 amide bonds. The monoisotopic (exact) mass is 311 g/mol. The van der Waals surface area contributed by atoms with E-state index in [-0.39, 0.29) is 24.3 Å². The molecule has 0 heterocycles. The highest BCUT2D eigenvalue weighted by atomic mass is 35.5. The van der Waals surface area contributed by atoms with Gasteiger partial charge in [-0.1, -0.05) is 25.4 Å². The first-order chi connectivity index (χ1) is 9.88. The number of amides is 2. The highest BCUT2D eigenvalue weighted by Crippen LogP contribution is 2.24. The van der Waals surface area contributed by atoms with E-state index in [4.69, 9.17) is 17.3 Å². The van der Waals surface area contributed by atoms with Crippen molar-refractivity contribution in [1.82, 2.24) is 5.32 Å². The summed E-state index contributed by atoms with van der Waals surface area (Å²) < 4.78 is 0. The minimum absolute atomic E-state index is 0.179. The molecule has 0 aliphatic rings. The molecular formula is C15H22ClN3O2. The van der Waals surface area contributed by atoms with E-state index in [1.165, 1.54) is 0 Å². The van der Waals surface area contributed by atoms with Crippen LogP contribution >= 0.6 is 11.6 Å². The van der Waals surface area contributed by atoms with E-state index >= 15 is 0 Å². The van der Waals surface area contributed by atoms with Crippen molar-refractivity contribution in [2.24, 2.45) is 17.6 Å². The first kappa shape index (κ1) is 17.5. The maximum absolute atomic E-state index is 12.2. The Balaban J connectivity index is 2.90. The Morgan fingerprint density at radius 2 is 2.00 bits per heavy atom. The molecule has 0 aliphatic carbocycles. The number of halogens is 1. The zero-order chi connectivity index (χ0) is 16.0. The fourth-order valence-electron chi connectivity index (χ4n) is 2.02. The fourth-order valence-corrected chi connectivity index (χ4v) is 2.19. The van der Waals surface area contributed by atoms with Crippen molar-refractivity contribution in [3.05, 3.63) is 28.8 Å². The highest BCUT2D eigenvalue weighted by molar-refractivity contribution is 6.33. The van der Waals surface area contributed by atoms with Gasteiger partial charge < -0.3 is 16.4 Å². The Bertz CT molecular complexity index is 518. The molecule has 0 aliphatic heterocycles. The van der Waals surface area contributed by atoms with E-state index in [1.807, 2.05) is 13.8 Å². The summed E-state index contributed by atoms with van der Waals surface area (Å²) in [7, 11) is 1.54. The fraction of sp³-hybridized carbons (Fsp3) is 0.467. The van der Waals surface area contributed by atoms with E-state index < -0.39 is 0 Å². The van der Waals surface area contributed by atoms with E-state index in [0.29, 0.717) is 28.6 Å². The van der Waals surface area contributed by atoms with Crippen LogP contribution in [-0.4, -0.2) is 25.4 Å². The summed E-state index contributed by atoms with van der Waals surface area (Å²) in [6.07, 6.45) is 0.703. The molecule has 1 unspecified atom stereocenters. The van der Waals surface area contributed by atoms with Gasteiger partial charge in [0.1, 0.15) is 0 Å². The van der Waals surface area contributed by atoms with Crippen LogP contribution in [0.3, 0.4) is 0 Å². The van der Waals surface area contributed by atoms with Gasteiger partial charge >= 0.3 is 0 Å². The van der Waals surface area contributed by atoms with Gasteiger partial charge in [0.05, 0.1) is 16.6 Å². The first-order valence-electron chi connectivity index (χ1n) is 6.91. The second kappa shape index (κ2) is 8.00. The molecule has 0 radical (unpaired) electrons. The Hall–Kier alpha value is -1.59. The lowest BCUT2D eigenvalue weighted by Gasteiger charge is -2.17. The van der Waals surface area contributed by atoms with Gasteiger partial charge in [-0.2, -0.15) is 0 Å². The summed E-state index contributed by atoms with van der Waals surface area (Å²) >= 11 is 6.06. The van der Waals surface area contributed by atoms with Crippen molar-refractivity contribution in [2.45, 2.75) is 20.3 Å². The van der Waals surface area contributed by atoms with Gasteiger partial charge in [-0.05, 0) is 30.5 Å². The zero-order valence-corrected chi connectivity index (χ0v) is 13.3. The van der Waals surface area contributed by atoms with Crippen LogP contribution in [0, 0.1) is 11.8 Å². The minimum Gasteiger partial charge on any atom is -0.355 e. The molecule has 5 nitrogen and oxygen atoms in total. The van der Waals surface area contributed by atoms with E-state index in [0.717, 1.165) is 0 Å². The Kier molecular flexibility index (Phi) is 6.65. The van der Waals surface area contributed by atoms with Crippen LogP contribution < -0.4 is 16.4 Å². The molecule has 4 N–H and O–H groups in total. The lowest BCUT2D eigenvalue weighted by Crippen LogP contribution is -2.30. The topological polar surface area (TPSA) is 84.2 Å². The number of rotatable bonds is 6. The van der Waals surface area contributed by atoms with Crippen molar-refractivity contribution in [2.75, 3.05) is 18.9 Å². The second-order valence-corrected chi connectivity index (χ2v) is 5.73. The predicted octanol–water partition coefficient (Wildman–Crippen LogP) is 2.26. The maximum Gasteiger partial charge on any atom is 0.251 e. The van der Waals surface area contributed by atoms with Crippen molar-refractivity contribution in [1.29, 1.82) is 0 Å². The average Bonchev–Trinajstić information content (AvgIpc) is 2.45. The van der Waals surface area contributed by atoms with Crippen LogP contribution in [0.1, 0.15) is 30.6 Å². The molecule has 1 rings (SSSR count). The SMILES string of the molecule is CNC(=O)c1ccc(Cl)c(NC(=O)C(CN)CC(C)C)c1. The summed E-state index contributed by atoms with van der Waals surface area (Å²) in [5.41, 5.74) is 6.51. The van der Waals surface area contributed by atoms with E-state index in [9.17, 15) is 9.59 Å². The lowest BCUT2D eigenvalue weighted by molar-refractivity contribution is -0.120. The number of nitrogens with two attached hydrogens (primary N) is 1. The van der Waals surface area contributed by atoms with Gasteiger partial charge in [-0.25, -0.2) is 0 Å². The third-order valence-electron chi connectivity index (χ3n) is 3.12. The molecule has 1 aromatic carbocycles. The molecule has 1 aromatic rings. The van der Waals surface area contributed by atoms with Crippen LogP contribution in [0.5, 0.6) is 0 Å². The standard InChI is InChI=1S/C15H22ClN3O2/c1-9(2)6-11(8-17)15(21)19-13-7-10(14(20)18-3)4-5-12(13)16/h4-5,7,9,11H,6,8,17H2,1-3H3,(H,18,20)(H,19,21). The van der Waals surface area contributed by atoms with Crippen LogP contribution in [0.4, 0.5) is 5.69 Å². The number of anilines is 1. The van der Waals surface area contributed by atoms with Crippen LogP contribution in [-0.2, 0) is 4.79 Å². The molecule has 0 aromatic heterocycles. The minimum atomic E-state index is -0.273. The van der Waals surface area contributed by atoms with Gasteiger partial charge in [0.25, 0.3) is 5.91 Å². The predicted molar refractivity (Wildman–Crippen MR) is 85.5 cm³/mol. The Morgan fingerprint density at radius 1 is 1.33 bits per heavy atom. The lowest BCUT2D eigenvalue weighted by atomic mass is 9.96. The summed E-state index contributed by atoms with van der Waals surface area (Å²) in [5, 5.41) is 5.67. The second-order valence-electron chi connectivity index (χ2n) is 5.33. The van der Waals surface area contributed by atoms with Crippen molar-refractivity contribution in [3.63, 3.8) is 0 Å². The molecular weight excluding hydrogens is 290 g/mol. The molecule has 0 bridgehead atoms. The number of hydrogen-bond acceptors (Lipinski definition) is 3. The number of nitrogens with one attached hydrogen (secondary N) is 2. The Morgan fingerprint density at radius 3 is 2.52 bits per heavy atom. The third-order valence-corrected chi connectivity index (χ3v) is 3.45. The summed E-state index contributed by atoms with van der Waals surface area (Å²) in [6.45, 7) is 4.35. The highest BCUT2D eigenvalue weighted by Gasteiger charge is 2.19. The van der Waals surface area contributed by atoms with Gasteiger partial charge in [0, 0.05) is 19.2 Å². The number of carbonyl (C=O) groups is 2. The van der Waals surface area contributed by atoms with Crippen LogP contribution in [0.25, 0.3) is 0 Å². The molecule has 0 saturated carbocycles. The first-order valence-corrected chi connectivity index (χ1v) is 7.29. The van der Waals surface area contributed by atoms with E-state index in [1.54, 1.807) is 25.2 Å². The van der Waals surface area contributed by atoms with Gasteiger partial charge in [0.15, 0.2) is 0 Å². The average molecular weight is 312 g/mol. The van der Waals surface area contributed by atoms with Crippen molar-refractivity contribution < 1.29 is 9.59 Å². The molecule has 0 saturated heterocycles. The van der Waals surface area contributed by atoms with Crippen molar-refractivity contribution >= 4 is 29.1 Å². The number of carbonyl (C=O) groups excluding carboxylic acids is 2. The normalized spacial score (nSPS) is 12.1. The van der Waals surface area contributed by atoms with Crippen molar-refractivity contribution in [3.8, 4) is 0 Å². The molecule has 6 heteroatoms. The van der Waals surface area contributed by atoms with Gasteiger partial charge in [-0.15, -0.1) is 0 Å². The summed E-state index contributed by atoms with van der Waals surface area (Å²) in [6, 6.07) is 4.75. The van der Waals surface area contributed by atoms with Crippen LogP contribution in [0.2, 0.25) is 5.02 Å². The van der Waals surface area contributed by atoms with Gasteiger partial charge in [0.2, 0.25) is 5.91 Å². The largest absolute Gasteiger partial charge is 0.355 e. The maximum atomic E-state index is 12.2. The van der Waals surface area contributed by atoms with E-state index in [2.05, 4.69) is 10.6 Å². The number of benzene rings is 1. The number of hydrogen-bond donors (Lipinski definition) is 3. The smallest absolute Gasteiger partial charge is 0.251 e. The third kappa shape index (κ3) is 5.02. The molecule has 21 heavy (non-hydrogen) atoms. The summed E-state index contributed by atoms with van der Waals surface area (Å²) in [5.74, 6) is -0.316. The van der Waals surface area contributed by atoms with Gasteiger partial charge in [-0.3, -0.25) is 9.59 Å². The summed E-state index contributed by atoms with van der Waals surface area (Å²) in [4.78, 5) is 23.8. The molecule has 0 fully saturated rings. The quantitative estimate of drug-likeness (QED) is 0.753. The van der Waals surface area contributed by atoms with Crippen LogP contribution in [0.15, 0.2) is 18.2 Å².